The van der Waals surface area contributed by atoms with E-state index in [9.17, 15) is 4.79 Å². The first-order valence-corrected chi connectivity index (χ1v) is 6.20. The van der Waals surface area contributed by atoms with Crippen LogP contribution in [0.1, 0.15) is 39.0 Å². The number of piperidine rings is 1. The molecule has 1 aliphatic rings. The Morgan fingerprint density at radius 1 is 1.40 bits per heavy atom. The van der Waals surface area contributed by atoms with E-state index < -0.39 is 0 Å². The number of nitrogens with one attached hydrogen (secondary N) is 1. The molecule has 3 heteroatoms. The molecule has 0 saturated carbocycles. The van der Waals surface area contributed by atoms with Crippen molar-refractivity contribution < 1.29 is 4.79 Å². The van der Waals surface area contributed by atoms with E-state index in [1.165, 1.54) is 19.3 Å². The maximum Gasteiger partial charge on any atom is 0.222 e. The Morgan fingerprint density at radius 2 is 2.07 bits per heavy atom. The van der Waals surface area contributed by atoms with Gasteiger partial charge in [0.05, 0.1) is 0 Å². The minimum absolute atomic E-state index is 0.347. The Morgan fingerprint density at radius 3 is 2.60 bits per heavy atom. The summed E-state index contributed by atoms with van der Waals surface area (Å²) in [6.45, 7) is 5.15. The summed E-state index contributed by atoms with van der Waals surface area (Å²) in [6.07, 6.45) is 5.34. The summed E-state index contributed by atoms with van der Waals surface area (Å²) < 4.78 is 0. The van der Waals surface area contributed by atoms with Crippen LogP contribution in [0.5, 0.6) is 0 Å². The third-order valence-corrected chi connectivity index (χ3v) is 3.36. The van der Waals surface area contributed by atoms with Gasteiger partial charge in [0.1, 0.15) is 0 Å². The molecule has 3 nitrogen and oxygen atoms in total. The quantitative estimate of drug-likeness (QED) is 0.703. The van der Waals surface area contributed by atoms with E-state index in [0.717, 1.165) is 32.0 Å². The average Bonchev–Trinajstić information content (AvgIpc) is 2.29. The van der Waals surface area contributed by atoms with Crippen LogP contribution in [-0.2, 0) is 4.79 Å². The van der Waals surface area contributed by atoms with Crippen molar-refractivity contribution in [2.75, 3.05) is 26.7 Å². The highest BCUT2D eigenvalue weighted by Crippen LogP contribution is 2.20. The molecule has 0 spiro atoms. The monoisotopic (exact) mass is 212 g/mol. The van der Waals surface area contributed by atoms with Crippen LogP contribution in [0.25, 0.3) is 0 Å². The van der Waals surface area contributed by atoms with Crippen LogP contribution in [0.3, 0.4) is 0 Å². The molecule has 1 rings (SSSR count). The van der Waals surface area contributed by atoms with Crippen LogP contribution in [-0.4, -0.2) is 37.5 Å². The first kappa shape index (κ1) is 12.5. The maximum absolute atomic E-state index is 11.8. The Hall–Kier alpha value is -0.570. The van der Waals surface area contributed by atoms with Crippen molar-refractivity contribution >= 4 is 5.91 Å². The normalized spacial score (nSPS) is 18.1. The molecule has 88 valence electrons. The van der Waals surface area contributed by atoms with E-state index in [4.69, 9.17) is 0 Å². The number of rotatable bonds is 5. The molecule has 15 heavy (non-hydrogen) atoms. The zero-order valence-electron chi connectivity index (χ0n) is 10.1. The van der Waals surface area contributed by atoms with Crippen molar-refractivity contribution in [1.82, 2.24) is 10.2 Å². The first-order valence-electron chi connectivity index (χ1n) is 6.20. The molecule has 0 radical (unpaired) electrons. The van der Waals surface area contributed by atoms with Crippen LogP contribution < -0.4 is 5.32 Å². The molecular formula is C12H24N2O. The molecule has 0 aliphatic carbocycles. The zero-order chi connectivity index (χ0) is 11.1. The molecule has 1 N–H and O–H groups in total. The summed E-state index contributed by atoms with van der Waals surface area (Å²) >= 11 is 0. The second kappa shape index (κ2) is 6.83. The van der Waals surface area contributed by atoms with Gasteiger partial charge >= 0.3 is 0 Å². The highest BCUT2D eigenvalue weighted by molar-refractivity contribution is 5.76. The van der Waals surface area contributed by atoms with E-state index in [1.54, 1.807) is 0 Å². The third-order valence-electron chi connectivity index (χ3n) is 3.36. The summed E-state index contributed by atoms with van der Waals surface area (Å²) in [5.74, 6) is 1.20. The highest BCUT2D eigenvalue weighted by Gasteiger charge is 2.20. The fourth-order valence-corrected chi connectivity index (χ4v) is 2.17. The second-order valence-electron chi connectivity index (χ2n) is 4.44. The van der Waals surface area contributed by atoms with E-state index in [1.807, 2.05) is 11.9 Å². The third kappa shape index (κ3) is 4.20. The zero-order valence-corrected chi connectivity index (χ0v) is 10.1. The lowest BCUT2D eigenvalue weighted by Crippen LogP contribution is -2.38. The van der Waals surface area contributed by atoms with Crippen molar-refractivity contribution in [3.63, 3.8) is 0 Å². The summed E-state index contributed by atoms with van der Waals surface area (Å²) in [6, 6.07) is 0. The standard InChI is InChI=1S/C12H24N2O/c1-3-11-6-9-14(10-7-11)12(15)5-4-8-13-2/h11,13H,3-10H2,1-2H3. The smallest absolute Gasteiger partial charge is 0.222 e. The van der Waals surface area contributed by atoms with E-state index >= 15 is 0 Å². The number of nitrogens with zero attached hydrogens (tertiary/aromatic N) is 1. The van der Waals surface area contributed by atoms with Gasteiger partial charge in [-0.15, -0.1) is 0 Å². The van der Waals surface area contributed by atoms with E-state index in [2.05, 4.69) is 12.2 Å². The van der Waals surface area contributed by atoms with Gasteiger partial charge < -0.3 is 10.2 Å². The molecule has 1 amide bonds. The van der Waals surface area contributed by atoms with Crippen LogP contribution in [0.15, 0.2) is 0 Å². The van der Waals surface area contributed by atoms with Gasteiger partial charge in [-0.3, -0.25) is 4.79 Å². The van der Waals surface area contributed by atoms with Gasteiger partial charge in [-0.1, -0.05) is 13.3 Å². The Labute approximate surface area is 93.2 Å². The van der Waals surface area contributed by atoms with Gasteiger partial charge in [0.15, 0.2) is 0 Å². The molecule has 1 heterocycles. The topological polar surface area (TPSA) is 32.3 Å². The van der Waals surface area contributed by atoms with Gasteiger partial charge in [-0.25, -0.2) is 0 Å². The molecule has 1 fully saturated rings. The van der Waals surface area contributed by atoms with Gasteiger partial charge in [-0.2, -0.15) is 0 Å². The SMILES string of the molecule is CCC1CCN(C(=O)CCCNC)CC1. The summed E-state index contributed by atoms with van der Waals surface area (Å²) in [4.78, 5) is 13.8. The minimum Gasteiger partial charge on any atom is -0.343 e. The predicted octanol–water partition coefficient (Wildman–Crippen LogP) is 1.63. The van der Waals surface area contributed by atoms with E-state index in [0.29, 0.717) is 12.3 Å². The molecule has 0 unspecified atom stereocenters. The van der Waals surface area contributed by atoms with Gasteiger partial charge in [0.25, 0.3) is 0 Å². The molecule has 0 atom stereocenters. The summed E-state index contributed by atoms with van der Waals surface area (Å²) in [7, 11) is 1.93. The second-order valence-corrected chi connectivity index (χ2v) is 4.44. The fraction of sp³-hybridized carbons (Fsp3) is 0.917. The van der Waals surface area contributed by atoms with Crippen molar-refractivity contribution in [2.24, 2.45) is 5.92 Å². The van der Waals surface area contributed by atoms with Crippen LogP contribution in [0.4, 0.5) is 0 Å². The Bertz CT molecular complexity index is 186. The lowest BCUT2D eigenvalue weighted by molar-refractivity contribution is -0.132. The molecule has 1 aliphatic heterocycles. The van der Waals surface area contributed by atoms with Gasteiger partial charge in [-0.05, 0) is 38.8 Å². The molecular weight excluding hydrogens is 188 g/mol. The van der Waals surface area contributed by atoms with Crippen LogP contribution >= 0.6 is 0 Å². The van der Waals surface area contributed by atoms with Crippen molar-refractivity contribution in [1.29, 1.82) is 0 Å². The molecule has 0 aromatic rings. The molecule has 0 bridgehead atoms. The lowest BCUT2D eigenvalue weighted by Gasteiger charge is -2.31. The number of carbonyl (C=O) groups is 1. The van der Waals surface area contributed by atoms with Crippen molar-refractivity contribution in [2.45, 2.75) is 39.0 Å². The fourth-order valence-electron chi connectivity index (χ4n) is 2.17. The number of amides is 1. The first-order chi connectivity index (χ1) is 7.27. The largest absolute Gasteiger partial charge is 0.343 e. The number of likely N-dealkylation sites (tertiary alicyclic amines) is 1. The highest BCUT2D eigenvalue weighted by atomic mass is 16.2. The number of hydrogen-bond donors (Lipinski definition) is 1. The van der Waals surface area contributed by atoms with Gasteiger partial charge in [0, 0.05) is 19.5 Å². The van der Waals surface area contributed by atoms with Crippen LogP contribution in [0, 0.1) is 5.92 Å². The molecule has 1 saturated heterocycles. The number of hydrogen-bond acceptors (Lipinski definition) is 2. The van der Waals surface area contributed by atoms with E-state index in [-0.39, 0.29) is 0 Å². The minimum atomic E-state index is 0.347. The Balaban J connectivity index is 2.18. The lowest BCUT2D eigenvalue weighted by atomic mass is 9.94. The van der Waals surface area contributed by atoms with Crippen molar-refractivity contribution in [3.05, 3.63) is 0 Å². The summed E-state index contributed by atoms with van der Waals surface area (Å²) in [5, 5.41) is 3.07. The van der Waals surface area contributed by atoms with Gasteiger partial charge in [0.2, 0.25) is 5.91 Å². The number of carbonyl (C=O) groups excluding carboxylic acids is 1. The van der Waals surface area contributed by atoms with Crippen molar-refractivity contribution in [3.8, 4) is 0 Å². The Kier molecular flexibility index (Phi) is 5.69. The molecule has 0 aromatic carbocycles. The maximum atomic E-state index is 11.8. The van der Waals surface area contributed by atoms with Crippen LogP contribution in [0.2, 0.25) is 0 Å². The predicted molar refractivity (Wildman–Crippen MR) is 62.8 cm³/mol. The average molecular weight is 212 g/mol. The molecule has 0 aromatic heterocycles. The summed E-state index contributed by atoms with van der Waals surface area (Å²) in [5.41, 5.74) is 0.